The summed E-state index contributed by atoms with van der Waals surface area (Å²) >= 11 is 0. The first-order valence-corrected chi connectivity index (χ1v) is 12.3. The lowest BCUT2D eigenvalue weighted by atomic mass is 10.1. The van der Waals surface area contributed by atoms with Crippen molar-refractivity contribution in [3.63, 3.8) is 0 Å². The molecule has 0 radical (unpaired) electrons. The van der Waals surface area contributed by atoms with E-state index < -0.39 is 30.3 Å². The Labute approximate surface area is 177 Å². The molecule has 0 aliphatic heterocycles. The standard InChI is InChI=1S/C23H24O5S2/c1-14-6-8-19(10-16(14)3)29(25,26)22-13-23(21(24)12-18(22)5)30(27,28)20-9-7-15(2)17(4)11-20/h6-13,24H,1-5H3. The van der Waals surface area contributed by atoms with E-state index in [2.05, 4.69) is 0 Å². The molecule has 5 nitrogen and oxygen atoms in total. The average Bonchev–Trinajstić information content (AvgIpc) is 2.65. The summed E-state index contributed by atoms with van der Waals surface area (Å²) in [5.74, 6) is -0.482. The Morgan fingerprint density at radius 1 is 0.533 bits per heavy atom. The minimum absolute atomic E-state index is 0.000665. The van der Waals surface area contributed by atoms with Crippen LogP contribution < -0.4 is 0 Å². The van der Waals surface area contributed by atoms with E-state index in [0.717, 1.165) is 28.3 Å². The van der Waals surface area contributed by atoms with Gasteiger partial charge in [-0.1, -0.05) is 12.1 Å². The summed E-state index contributed by atoms with van der Waals surface area (Å²) in [5.41, 5.74) is 3.75. The van der Waals surface area contributed by atoms with Gasteiger partial charge in [-0.05, 0) is 98.8 Å². The summed E-state index contributed by atoms with van der Waals surface area (Å²) < 4.78 is 52.9. The molecule has 0 atom stereocenters. The summed E-state index contributed by atoms with van der Waals surface area (Å²) in [6, 6.07) is 11.7. The van der Waals surface area contributed by atoms with Crippen LogP contribution in [0.3, 0.4) is 0 Å². The van der Waals surface area contributed by atoms with Crippen molar-refractivity contribution in [3.05, 3.63) is 76.3 Å². The van der Waals surface area contributed by atoms with Crippen molar-refractivity contribution in [1.29, 1.82) is 0 Å². The van der Waals surface area contributed by atoms with Crippen LogP contribution in [0.4, 0.5) is 0 Å². The summed E-state index contributed by atoms with van der Waals surface area (Å²) in [6.45, 7) is 8.88. The van der Waals surface area contributed by atoms with Gasteiger partial charge in [-0.15, -0.1) is 0 Å². The number of sulfone groups is 2. The molecular weight excluding hydrogens is 420 g/mol. The van der Waals surface area contributed by atoms with E-state index in [9.17, 15) is 21.9 Å². The number of aromatic hydroxyl groups is 1. The van der Waals surface area contributed by atoms with E-state index in [1.54, 1.807) is 25.1 Å². The molecule has 158 valence electrons. The minimum Gasteiger partial charge on any atom is -0.507 e. The fraction of sp³-hybridized carbons (Fsp3) is 0.217. The molecule has 1 N–H and O–H groups in total. The third-order valence-electron chi connectivity index (χ3n) is 5.41. The van der Waals surface area contributed by atoms with Crippen LogP contribution >= 0.6 is 0 Å². The van der Waals surface area contributed by atoms with Gasteiger partial charge in [0.1, 0.15) is 10.6 Å². The number of phenols is 1. The van der Waals surface area contributed by atoms with Crippen molar-refractivity contribution in [1.82, 2.24) is 0 Å². The van der Waals surface area contributed by atoms with Gasteiger partial charge in [0, 0.05) is 0 Å². The van der Waals surface area contributed by atoms with E-state index in [-0.39, 0.29) is 20.2 Å². The topological polar surface area (TPSA) is 88.5 Å². The Morgan fingerprint density at radius 2 is 0.967 bits per heavy atom. The SMILES string of the molecule is Cc1ccc(S(=O)(=O)c2cc(S(=O)(=O)c3ccc(C)c(C)c3)c(O)cc2C)cc1C. The van der Waals surface area contributed by atoms with Crippen LogP contribution in [-0.4, -0.2) is 21.9 Å². The molecular formula is C23H24O5S2. The Kier molecular flexibility index (Phi) is 5.56. The highest BCUT2D eigenvalue weighted by Crippen LogP contribution is 2.35. The number of rotatable bonds is 4. The maximum absolute atomic E-state index is 13.3. The lowest BCUT2D eigenvalue weighted by Crippen LogP contribution is -2.09. The molecule has 0 fully saturated rings. The molecule has 30 heavy (non-hydrogen) atoms. The van der Waals surface area contributed by atoms with Crippen molar-refractivity contribution in [3.8, 4) is 5.75 Å². The molecule has 3 aromatic rings. The molecule has 3 aromatic carbocycles. The Hall–Kier alpha value is -2.64. The predicted molar refractivity (Wildman–Crippen MR) is 116 cm³/mol. The third-order valence-corrected chi connectivity index (χ3v) is 9.09. The number of phenolic OH excluding ortho intramolecular Hbond substituents is 1. The number of hydrogen-bond donors (Lipinski definition) is 1. The highest BCUT2D eigenvalue weighted by molar-refractivity contribution is 7.92. The van der Waals surface area contributed by atoms with E-state index in [0.29, 0.717) is 0 Å². The predicted octanol–water partition coefficient (Wildman–Crippen LogP) is 4.60. The zero-order valence-electron chi connectivity index (χ0n) is 17.5. The molecule has 3 rings (SSSR count). The second-order valence-electron chi connectivity index (χ2n) is 7.58. The van der Waals surface area contributed by atoms with Gasteiger partial charge in [0.15, 0.2) is 0 Å². The third kappa shape index (κ3) is 3.75. The average molecular weight is 445 g/mol. The molecule has 0 aromatic heterocycles. The van der Waals surface area contributed by atoms with E-state index in [1.807, 2.05) is 20.8 Å². The Balaban J connectivity index is 2.24. The summed E-state index contributed by atoms with van der Waals surface area (Å²) in [5, 5.41) is 10.4. The van der Waals surface area contributed by atoms with Gasteiger partial charge in [0.2, 0.25) is 19.7 Å². The zero-order valence-corrected chi connectivity index (χ0v) is 19.1. The van der Waals surface area contributed by atoms with Gasteiger partial charge in [-0.25, -0.2) is 16.8 Å². The van der Waals surface area contributed by atoms with Gasteiger partial charge in [0.05, 0.1) is 14.7 Å². The van der Waals surface area contributed by atoms with Gasteiger partial charge in [-0.3, -0.25) is 0 Å². The second kappa shape index (κ2) is 7.56. The number of aryl methyl sites for hydroxylation is 5. The van der Waals surface area contributed by atoms with Crippen molar-refractivity contribution in [2.75, 3.05) is 0 Å². The van der Waals surface area contributed by atoms with Crippen LogP contribution in [0.5, 0.6) is 5.75 Å². The molecule has 0 aliphatic rings. The van der Waals surface area contributed by atoms with Gasteiger partial charge in [-0.2, -0.15) is 0 Å². The highest BCUT2D eigenvalue weighted by Gasteiger charge is 2.28. The van der Waals surface area contributed by atoms with Crippen LogP contribution in [0.15, 0.2) is 68.1 Å². The zero-order chi connectivity index (χ0) is 22.4. The molecule has 0 amide bonds. The lowest BCUT2D eigenvalue weighted by Gasteiger charge is -2.14. The largest absolute Gasteiger partial charge is 0.507 e. The van der Waals surface area contributed by atoms with Crippen LogP contribution in [0.1, 0.15) is 27.8 Å². The second-order valence-corrected chi connectivity index (χ2v) is 11.4. The molecule has 7 heteroatoms. The number of hydrogen-bond acceptors (Lipinski definition) is 5. The lowest BCUT2D eigenvalue weighted by molar-refractivity contribution is 0.457. The summed E-state index contributed by atoms with van der Waals surface area (Å²) in [4.78, 5) is -0.502. The fourth-order valence-corrected chi connectivity index (χ4v) is 6.28. The first-order chi connectivity index (χ1) is 13.9. The molecule has 0 saturated carbocycles. The molecule has 0 unspecified atom stereocenters. The smallest absolute Gasteiger partial charge is 0.210 e. The minimum atomic E-state index is -4.12. The van der Waals surface area contributed by atoms with Crippen LogP contribution in [0.2, 0.25) is 0 Å². The molecule has 0 saturated heterocycles. The molecule has 0 spiro atoms. The van der Waals surface area contributed by atoms with Crippen molar-refractivity contribution in [2.24, 2.45) is 0 Å². The Morgan fingerprint density at radius 3 is 1.40 bits per heavy atom. The van der Waals surface area contributed by atoms with Gasteiger partial charge >= 0.3 is 0 Å². The fourth-order valence-electron chi connectivity index (χ4n) is 3.18. The monoisotopic (exact) mass is 444 g/mol. The first kappa shape index (κ1) is 22.1. The number of benzene rings is 3. The maximum Gasteiger partial charge on any atom is 0.210 e. The maximum atomic E-state index is 13.3. The van der Waals surface area contributed by atoms with Crippen LogP contribution in [-0.2, 0) is 19.7 Å². The molecule has 0 heterocycles. The van der Waals surface area contributed by atoms with E-state index in [1.165, 1.54) is 31.2 Å². The summed E-state index contributed by atoms with van der Waals surface area (Å²) in [7, 11) is -8.10. The van der Waals surface area contributed by atoms with Gasteiger partial charge in [0.25, 0.3) is 0 Å². The normalized spacial score (nSPS) is 12.2. The first-order valence-electron chi connectivity index (χ1n) is 9.34. The van der Waals surface area contributed by atoms with Gasteiger partial charge < -0.3 is 5.11 Å². The van der Waals surface area contributed by atoms with Crippen molar-refractivity contribution >= 4 is 19.7 Å². The quantitative estimate of drug-likeness (QED) is 0.635. The summed E-state index contributed by atoms with van der Waals surface area (Å²) in [6.07, 6.45) is 0. The van der Waals surface area contributed by atoms with Crippen molar-refractivity contribution in [2.45, 2.75) is 54.2 Å². The van der Waals surface area contributed by atoms with E-state index >= 15 is 0 Å². The van der Waals surface area contributed by atoms with E-state index in [4.69, 9.17) is 0 Å². The van der Waals surface area contributed by atoms with Crippen LogP contribution in [0.25, 0.3) is 0 Å². The molecule has 0 bridgehead atoms. The van der Waals surface area contributed by atoms with Crippen molar-refractivity contribution < 1.29 is 21.9 Å². The Bertz CT molecular complexity index is 1270. The van der Waals surface area contributed by atoms with Crippen LogP contribution in [0, 0.1) is 34.6 Å². The molecule has 0 aliphatic carbocycles. The highest BCUT2D eigenvalue weighted by atomic mass is 32.2.